The van der Waals surface area contributed by atoms with Gasteiger partial charge in [-0.3, -0.25) is 9.59 Å². The monoisotopic (exact) mass is 262 g/mol. The van der Waals surface area contributed by atoms with Crippen molar-refractivity contribution in [1.29, 1.82) is 0 Å². The molecule has 17 heavy (non-hydrogen) atoms. The van der Waals surface area contributed by atoms with E-state index in [2.05, 4.69) is 5.32 Å². The van der Waals surface area contributed by atoms with Crippen LogP contribution in [-0.4, -0.2) is 55.9 Å². The molecule has 0 atom stereocenters. The normalized spacial score (nSPS) is 16.6. The minimum Gasteiger partial charge on any atom is -0.381 e. The van der Waals surface area contributed by atoms with Gasteiger partial charge in [0.25, 0.3) is 0 Å². The lowest BCUT2D eigenvalue weighted by molar-refractivity contribution is -0.132. The Morgan fingerprint density at radius 1 is 1.41 bits per heavy atom. The predicted octanol–water partition coefficient (Wildman–Crippen LogP) is 0.226. The number of alkyl halides is 1. The number of likely N-dealkylation sites (N-methyl/N-ethyl adjacent to an activating group) is 1. The Hall–Kier alpha value is -0.810. The van der Waals surface area contributed by atoms with Gasteiger partial charge in [-0.15, -0.1) is 11.6 Å². The number of carbonyl (C=O) groups is 2. The predicted molar refractivity (Wildman–Crippen MR) is 64.9 cm³/mol. The van der Waals surface area contributed by atoms with Crippen LogP contribution in [0, 0.1) is 5.92 Å². The van der Waals surface area contributed by atoms with Crippen molar-refractivity contribution < 1.29 is 14.3 Å². The molecule has 0 aliphatic carbocycles. The average Bonchev–Trinajstić information content (AvgIpc) is 2.36. The number of carbonyl (C=O) groups excluding carboxylic acids is 2. The minimum absolute atomic E-state index is 0.0191. The SMILES string of the molecule is CN(CC1CCOCC1)C(=O)CNC(=O)CCl. The van der Waals surface area contributed by atoms with Crippen LogP contribution in [0.4, 0.5) is 0 Å². The molecule has 5 nitrogen and oxygen atoms in total. The van der Waals surface area contributed by atoms with E-state index >= 15 is 0 Å². The fourth-order valence-electron chi connectivity index (χ4n) is 1.77. The number of halogens is 1. The lowest BCUT2D eigenvalue weighted by Crippen LogP contribution is -2.41. The highest BCUT2D eigenvalue weighted by Crippen LogP contribution is 2.15. The summed E-state index contributed by atoms with van der Waals surface area (Å²) >= 11 is 5.32. The number of nitrogens with zero attached hydrogens (tertiary/aromatic N) is 1. The molecule has 0 aromatic rings. The van der Waals surface area contributed by atoms with Gasteiger partial charge in [0.15, 0.2) is 0 Å². The van der Waals surface area contributed by atoms with Gasteiger partial charge in [0, 0.05) is 26.8 Å². The molecule has 0 aromatic heterocycles. The first-order chi connectivity index (χ1) is 8.13. The number of nitrogens with one attached hydrogen (secondary N) is 1. The van der Waals surface area contributed by atoms with E-state index in [4.69, 9.17) is 16.3 Å². The summed E-state index contributed by atoms with van der Waals surface area (Å²) in [5, 5.41) is 2.46. The number of amides is 2. The minimum atomic E-state index is -0.320. The molecule has 98 valence electrons. The zero-order valence-electron chi connectivity index (χ0n) is 10.1. The van der Waals surface area contributed by atoms with Crippen molar-refractivity contribution in [1.82, 2.24) is 10.2 Å². The van der Waals surface area contributed by atoms with Crippen molar-refractivity contribution in [3.8, 4) is 0 Å². The Kier molecular flexibility index (Phi) is 6.29. The van der Waals surface area contributed by atoms with Gasteiger partial charge < -0.3 is 15.0 Å². The summed E-state index contributed by atoms with van der Waals surface area (Å²) < 4.78 is 5.26. The van der Waals surface area contributed by atoms with Crippen LogP contribution in [0.15, 0.2) is 0 Å². The van der Waals surface area contributed by atoms with Crippen LogP contribution in [0.2, 0.25) is 0 Å². The third-order valence-electron chi connectivity index (χ3n) is 2.86. The second-order valence-corrected chi connectivity index (χ2v) is 4.51. The van der Waals surface area contributed by atoms with Crippen LogP contribution in [0.25, 0.3) is 0 Å². The van der Waals surface area contributed by atoms with E-state index < -0.39 is 0 Å². The first-order valence-electron chi connectivity index (χ1n) is 5.78. The maximum absolute atomic E-state index is 11.7. The molecule has 0 bridgehead atoms. The van der Waals surface area contributed by atoms with Gasteiger partial charge in [-0.05, 0) is 18.8 Å². The molecule has 1 rings (SSSR count). The second-order valence-electron chi connectivity index (χ2n) is 4.24. The van der Waals surface area contributed by atoms with E-state index in [-0.39, 0.29) is 24.2 Å². The van der Waals surface area contributed by atoms with E-state index in [1.54, 1.807) is 11.9 Å². The summed E-state index contributed by atoms with van der Waals surface area (Å²) in [6, 6.07) is 0. The Labute approximate surface area is 106 Å². The summed E-state index contributed by atoms with van der Waals surface area (Å²) in [6.07, 6.45) is 1.98. The van der Waals surface area contributed by atoms with Crippen molar-refractivity contribution in [2.45, 2.75) is 12.8 Å². The first-order valence-corrected chi connectivity index (χ1v) is 6.31. The molecule has 0 unspecified atom stereocenters. The van der Waals surface area contributed by atoms with Crippen molar-refractivity contribution in [3.05, 3.63) is 0 Å². The van der Waals surface area contributed by atoms with Gasteiger partial charge in [0.05, 0.1) is 6.54 Å². The van der Waals surface area contributed by atoms with Gasteiger partial charge in [0.2, 0.25) is 11.8 Å². The lowest BCUT2D eigenvalue weighted by Gasteiger charge is -2.27. The fourth-order valence-corrected chi connectivity index (χ4v) is 1.87. The zero-order chi connectivity index (χ0) is 12.7. The third kappa shape index (κ3) is 5.37. The maximum atomic E-state index is 11.7. The van der Waals surface area contributed by atoms with Crippen LogP contribution >= 0.6 is 11.6 Å². The molecule has 1 saturated heterocycles. The molecule has 0 saturated carbocycles. The van der Waals surface area contributed by atoms with Gasteiger partial charge in [0.1, 0.15) is 5.88 Å². The summed E-state index contributed by atoms with van der Waals surface area (Å²) in [5.74, 6) is -0.0207. The number of hydrogen-bond donors (Lipinski definition) is 1. The molecule has 1 fully saturated rings. The Morgan fingerprint density at radius 2 is 2.06 bits per heavy atom. The average molecular weight is 263 g/mol. The highest BCUT2D eigenvalue weighted by molar-refractivity contribution is 6.27. The van der Waals surface area contributed by atoms with E-state index in [1.807, 2.05) is 0 Å². The molecular formula is C11H19ClN2O3. The van der Waals surface area contributed by atoms with Gasteiger partial charge >= 0.3 is 0 Å². The molecule has 0 spiro atoms. The quantitative estimate of drug-likeness (QED) is 0.722. The van der Waals surface area contributed by atoms with E-state index in [1.165, 1.54) is 0 Å². The Morgan fingerprint density at radius 3 is 2.65 bits per heavy atom. The van der Waals surface area contributed by atoms with Crippen LogP contribution in [-0.2, 0) is 14.3 Å². The zero-order valence-corrected chi connectivity index (χ0v) is 10.8. The summed E-state index contributed by atoms with van der Waals surface area (Å²) in [5.41, 5.74) is 0. The summed E-state index contributed by atoms with van der Waals surface area (Å²) in [4.78, 5) is 24.2. The number of rotatable bonds is 5. The largest absolute Gasteiger partial charge is 0.381 e. The van der Waals surface area contributed by atoms with E-state index in [9.17, 15) is 9.59 Å². The molecule has 6 heteroatoms. The van der Waals surface area contributed by atoms with Crippen LogP contribution in [0.5, 0.6) is 0 Å². The molecule has 0 radical (unpaired) electrons. The molecule has 2 amide bonds. The maximum Gasteiger partial charge on any atom is 0.241 e. The summed E-state index contributed by atoms with van der Waals surface area (Å²) in [6.45, 7) is 2.29. The molecule has 1 aliphatic rings. The number of hydrogen-bond acceptors (Lipinski definition) is 3. The molecule has 1 aliphatic heterocycles. The highest BCUT2D eigenvalue weighted by atomic mass is 35.5. The third-order valence-corrected chi connectivity index (χ3v) is 3.10. The van der Waals surface area contributed by atoms with Crippen molar-refractivity contribution in [2.75, 3.05) is 39.2 Å². The standard InChI is InChI=1S/C11H19ClN2O3/c1-14(8-9-2-4-17-5-3-9)11(16)7-13-10(15)6-12/h9H,2-8H2,1H3,(H,13,15). The Bertz CT molecular complexity index is 267. The van der Waals surface area contributed by atoms with Crippen molar-refractivity contribution in [3.63, 3.8) is 0 Å². The van der Waals surface area contributed by atoms with Crippen molar-refractivity contribution >= 4 is 23.4 Å². The van der Waals surface area contributed by atoms with Gasteiger partial charge in [-0.1, -0.05) is 0 Å². The van der Waals surface area contributed by atoms with Gasteiger partial charge in [-0.2, -0.15) is 0 Å². The highest BCUT2D eigenvalue weighted by Gasteiger charge is 2.18. The van der Waals surface area contributed by atoms with Crippen LogP contribution in [0.3, 0.4) is 0 Å². The first kappa shape index (κ1) is 14.3. The molecular weight excluding hydrogens is 244 g/mol. The van der Waals surface area contributed by atoms with Gasteiger partial charge in [-0.25, -0.2) is 0 Å². The van der Waals surface area contributed by atoms with Crippen molar-refractivity contribution in [2.24, 2.45) is 5.92 Å². The van der Waals surface area contributed by atoms with E-state index in [0.29, 0.717) is 5.92 Å². The Balaban J connectivity index is 2.23. The second kappa shape index (κ2) is 7.50. The topological polar surface area (TPSA) is 58.6 Å². The number of ether oxygens (including phenoxy) is 1. The smallest absolute Gasteiger partial charge is 0.241 e. The van der Waals surface area contributed by atoms with E-state index in [0.717, 1.165) is 32.6 Å². The fraction of sp³-hybridized carbons (Fsp3) is 0.818. The molecule has 1 heterocycles. The van der Waals surface area contributed by atoms with Crippen LogP contribution < -0.4 is 5.32 Å². The molecule has 0 aromatic carbocycles. The summed E-state index contributed by atoms with van der Waals surface area (Å²) in [7, 11) is 1.75. The molecule has 1 N–H and O–H groups in total. The lowest BCUT2D eigenvalue weighted by atomic mass is 10.00. The van der Waals surface area contributed by atoms with Crippen LogP contribution in [0.1, 0.15) is 12.8 Å².